The van der Waals surface area contributed by atoms with Gasteiger partial charge in [-0.3, -0.25) is 4.79 Å². The van der Waals surface area contributed by atoms with Crippen LogP contribution in [-0.2, 0) is 11.3 Å². The molecule has 1 aromatic rings. The predicted molar refractivity (Wildman–Crippen MR) is 61.8 cm³/mol. The minimum Gasteiger partial charge on any atom is -0.348 e. The average molecular weight is 242 g/mol. The molecule has 0 aliphatic heterocycles. The standard InChI is InChI=1S/C12H16F2N2O/c1-16(2)11(17)8-15-7-9-3-5-10(6-4-9)12(13)14/h3-6,12,15H,7-8H2,1-2H3. The van der Waals surface area contributed by atoms with Gasteiger partial charge in [-0.1, -0.05) is 24.3 Å². The quantitative estimate of drug-likeness (QED) is 0.854. The Bertz CT molecular complexity index is 363. The summed E-state index contributed by atoms with van der Waals surface area (Å²) in [5, 5.41) is 2.95. The van der Waals surface area contributed by atoms with E-state index in [9.17, 15) is 13.6 Å². The molecule has 1 N–H and O–H groups in total. The fraction of sp³-hybridized carbons (Fsp3) is 0.417. The van der Waals surface area contributed by atoms with Crippen LogP contribution in [0.15, 0.2) is 24.3 Å². The lowest BCUT2D eigenvalue weighted by molar-refractivity contribution is -0.127. The minimum atomic E-state index is -2.44. The van der Waals surface area contributed by atoms with Crippen LogP contribution in [0.4, 0.5) is 8.78 Å². The SMILES string of the molecule is CN(C)C(=O)CNCc1ccc(C(F)F)cc1. The van der Waals surface area contributed by atoms with Crippen LogP contribution in [0.25, 0.3) is 0 Å². The summed E-state index contributed by atoms with van der Waals surface area (Å²) in [7, 11) is 3.36. The maximum absolute atomic E-state index is 12.3. The zero-order chi connectivity index (χ0) is 12.8. The first-order valence-electron chi connectivity index (χ1n) is 5.28. The Labute approximate surface area is 99.4 Å². The Balaban J connectivity index is 2.40. The van der Waals surface area contributed by atoms with Gasteiger partial charge in [0.1, 0.15) is 0 Å². The molecule has 0 unspecified atom stereocenters. The third kappa shape index (κ3) is 4.48. The molecule has 17 heavy (non-hydrogen) atoms. The number of carbonyl (C=O) groups excluding carboxylic acids is 1. The van der Waals surface area contributed by atoms with E-state index < -0.39 is 6.43 Å². The van der Waals surface area contributed by atoms with Crippen molar-refractivity contribution in [3.63, 3.8) is 0 Å². The second-order valence-electron chi connectivity index (χ2n) is 3.93. The summed E-state index contributed by atoms with van der Waals surface area (Å²) in [6.45, 7) is 0.729. The number of rotatable bonds is 5. The van der Waals surface area contributed by atoms with Crippen LogP contribution in [0.1, 0.15) is 17.6 Å². The van der Waals surface area contributed by atoms with Crippen LogP contribution in [0.5, 0.6) is 0 Å². The molecule has 0 saturated heterocycles. The highest BCUT2D eigenvalue weighted by atomic mass is 19.3. The van der Waals surface area contributed by atoms with Crippen LogP contribution in [0, 0.1) is 0 Å². The van der Waals surface area contributed by atoms with Gasteiger partial charge >= 0.3 is 0 Å². The fourth-order valence-corrected chi connectivity index (χ4v) is 1.25. The van der Waals surface area contributed by atoms with Crippen molar-refractivity contribution in [3.8, 4) is 0 Å². The number of halogens is 2. The van der Waals surface area contributed by atoms with Gasteiger partial charge in [-0.15, -0.1) is 0 Å². The van der Waals surface area contributed by atoms with E-state index in [0.29, 0.717) is 6.54 Å². The molecule has 0 aliphatic carbocycles. The van der Waals surface area contributed by atoms with E-state index in [-0.39, 0.29) is 18.0 Å². The molecule has 0 fully saturated rings. The van der Waals surface area contributed by atoms with Crippen molar-refractivity contribution in [1.82, 2.24) is 10.2 Å². The number of likely N-dealkylation sites (N-methyl/N-ethyl adjacent to an activating group) is 1. The highest BCUT2D eigenvalue weighted by Crippen LogP contribution is 2.18. The third-order valence-electron chi connectivity index (χ3n) is 2.34. The molecule has 0 aliphatic rings. The first-order chi connectivity index (χ1) is 8.00. The van der Waals surface area contributed by atoms with Crippen molar-refractivity contribution in [2.24, 2.45) is 0 Å². The predicted octanol–water partition coefficient (Wildman–Crippen LogP) is 1.80. The highest BCUT2D eigenvalue weighted by molar-refractivity contribution is 5.77. The summed E-state index contributed by atoms with van der Waals surface area (Å²) in [5.41, 5.74) is 0.888. The number of benzene rings is 1. The number of amides is 1. The summed E-state index contributed by atoms with van der Waals surface area (Å²) in [6.07, 6.45) is -2.44. The molecular weight excluding hydrogens is 226 g/mol. The summed E-state index contributed by atoms with van der Waals surface area (Å²) >= 11 is 0. The van der Waals surface area contributed by atoms with Gasteiger partial charge in [-0.2, -0.15) is 0 Å². The fourth-order valence-electron chi connectivity index (χ4n) is 1.25. The molecule has 1 rings (SSSR count). The highest BCUT2D eigenvalue weighted by Gasteiger charge is 2.06. The maximum Gasteiger partial charge on any atom is 0.263 e. The summed E-state index contributed by atoms with van der Waals surface area (Å²) in [6, 6.07) is 6.06. The Morgan fingerprint density at radius 1 is 1.29 bits per heavy atom. The second-order valence-corrected chi connectivity index (χ2v) is 3.93. The van der Waals surface area contributed by atoms with Gasteiger partial charge in [0.25, 0.3) is 6.43 Å². The van der Waals surface area contributed by atoms with Gasteiger partial charge < -0.3 is 10.2 Å². The van der Waals surface area contributed by atoms with Gasteiger partial charge in [0.05, 0.1) is 6.54 Å². The molecule has 0 heterocycles. The number of nitrogens with one attached hydrogen (secondary N) is 1. The van der Waals surface area contributed by atoms with Crippen LogP contribution in [0.2, 0.25) is 0 Å². The van der Waals surface area contributed by atoms with E-state index in [1.54, 1.807) is 26.2 Å². The average Bonchev–Trinajstić information content (AvgIpc) is 2.29. The molecule has 0 saturated carbocycles. The molecule has 0 radical (unpaired) electrons. The van der Waals surface area contributed by atoms with E-state index in [0.717, 1.165) is 5.56 Å². The van der Waals surface area contributed by atoms with Crippen LogP contribution < -0.4 is 5.32 Å². The van der Waals surface area contributed by atoms with E-state index in [4.69, 9.17) is 0 Å². The second kappa shape index (κ2) is 6.30. The minimum absolute atomic E-state index is 0.0121. The van der Waals surface area contributed by atoms with Crippen molar-refractivity contribution < 1.29 is 13.6 Å². The van der Waals surface area contributed by atoms with Gasteiger partial charge in [0.2, 0.25) is 5.91 Å². The molecule has 0 aromatic heterocycles. The Kier molecular flexibility index (Phi) is 5.03. The Hall–Kier alpha value is -1.49. The first kappa shape index (κ1) is 13.6. The smallest absolute Gasteiger partial charge is 0.263 e. The zero-order valence-electron chi connectivity index (χ0n) is 9.91. The molecule has 94 valence electrons. The van der Waals surface area contributed by atoms with Gasteiger partial charge in [-0.05, 0) is 5.56 Å². The zero-order valence-corrected chi connectivity index (χ0v) is 9.91. The van der Waals surface area contributed by atoms with E-state index in [1.165, 1.54) is 17.0 Å². The molecule has 5 heteroatoms. The van der Waals surface area contributed by atoms with Crippen molar-refractivity contribution in [3.05, 3.63) is 35.4 Å². The molecule has 0 atom stereocenters. The van der Waals surface area contributed by atoms with E-state index >= 15 is 0 Å². The lowest BCUT2D eigenvalue weighted by Crippen LogP contribution is -2.32. The number of hydrogen-bond acceptors (Lipinski definition) is 2. The summed E-state index contributed by atoms with van der Waals surface area (Å²) in [5.74, 6) is -0.0193. The topological polar surface area (TPSA) is 32.3 Å². The molecule has 1 amide bonds. The van der Waals surface area contributed by atoms with Gasteiger partial charge in [0.15, 0.2) is 0 Å². The Morgan fingerprint density at radius 2 is 1.88 bits per heavy atom. The first-order valence-corrected chi connectivity index (χ1v) is 5.28. The number of carbonyl (C=O) groups is 1. The van der Waals surface area contributed by atoms with Crippen molar-refractivity contribution in [2.75, 3.05) is 20.6 Å². The number of alkyl halides is 2. The van der Waals surface area contributed by atoms with Gasteiger partial charge in [-0.25, -0.2) is 8.78 Å². The normalized spacial score (nSPS) is 10.6. The third-order valence-corrected chi connectivity index (χ3v) is 2.34. The van der Waals surface area contributed by atoms with Crippen molar-refractivity contribution >= 4 is 5.91 Å². The van der Waals surface area contributed by atoms with E-state index in [1.807, 2.05) is 0 Å². The number of hydrogen-bond donors (Lipinski definition) is 1. The van der Waals surface area contributed by atoms with Crippen molar-refractivity contribution in [2.45, 2.75) is 13.0 Å². The number of nitrogens with zero attached hydrogens (tertiary/aromatic N) is 1. The largest absolute Gasteiger partial charge is 0.348 e. The monoisotopic (exact) mass is 242 g/mol. The van der Waals surface area contributed by atoms with Gasteiger partial charge in [0, 0.05) is 26.2 Å². The lowest BCUT2D eigenvalue weighted by atomic mass is 10.1. The van der Waals surface area contributed by atoms with Crippen LogP contribution in [-0.4, -0.2) is 31.4 Å². The maximum atomic E-state index is 12.3. The molecule has 0 bridgehead atoms. The summed E-state index contributed by atoms with van der Waals surface area (Å²) < 4.78 is 24.6. The lowest BCUT2D eigenvalue weighted by Gasteiger charge is -2.11. The van der Waals surface area contributed by atoms with Crippen LogP contribution >= 0.6 is 0 Å². The summed E-state index contributed by atoms with van der Waals surface area (Å²) in [4.78, 5) is 12.7. The molecular formula is C12H16F2N2O. The molecule has 0 spiro atoms. The molecule has 3 nitrogen and oxygen atoms in total. The van der Waals surface area contributed by atoms with E-state index in [2.05, 4.69) is 5.32 Å². The Morgan fingerprint density at radius 3 is 2.35 bits per heavy atom. The van der Waals surface area contributed by atoms with Crippen molar-refractivity contribution in [1.29, 1.82) is 0 Å². The van der Waals surface area contributed by atoms with Crippen LogP contribution in [0.3, 0.4) is 0 Å². The molecule has 1 aromatic carbocycles.